The molecule has 1 saturated carbocycles. The van der Waals surface area contributed by atoms with Gasteiger partial charge in [-0.25, -0.2) is 0 Å². The molecule has 0 spiro atoms. The zero-order valence-electron chi connectivity index (χ0n) is 13.2. The van der Waals surface area contributed by atoms with Crippen molar-refractivity contribution in [3.63, 3.8) is 0 Å². The molecular formula is C18H27NO2. The first-order valence-corrected chi connectivity index (χ1v) is 8.20. The van der Waals surface area contributed by atoms with E-state index in [4.69, 9.17) is 4.74 Å². The van der Waals surface area contributed by atoms with E-state index in [9.17, 15) is 5.11 Å². The second kappa shape index (κ2) is 5.98. The summed E-state index contributed by atoms with van der Waals surface area (Å²) in [5.74, 6) is 2.21. The number of para-hydroxylation sites is 1. The van der Waals surface area contributed by atoms with Gasteiger partial charge in [-0.05, 0) is 50.6 Å². The molecule has 3 rings (SSSR count). The highest BCUT2D eigenvalue weighted by Crippen LogP contribution is 2.37. The van der Waals surface area contributed by atoms with Gasteiger partial charge in [0.2, 0.25) is 0 Å². The average Bonchev–Trinajstić information content (AvgIpc) is 3.01. The van der Waals surface area contributed by atoms with E-state index in [1.807, 2.05) is 0 Å². The molecule has 2 unspecified atom stereocenters. The molecule has 1 aromatic rings. The molecule has 1 aliphatic heterocycles. The maximum Gasteiger partial charge on any atom is 0.127 e. The second-order valence-corrected chi connectivity index (χ2v) is 7.21. The van der Waals surface area contributed by atoms with Gasteiger partial charge in [-0.15, -0.1) is 0 Å². The molecule has 3 heteroatoms. The van der Waals surface area contributed by atoms with Crippen LogP contribution in [0.15, 0.2) is 18.2 Å². The van der Waals surface area contributed by atoms with E-state index >= 15 is 0 Å². The number of hydrogen-bond acceptors (Lipinski definition) is 3. The van der Waals surface area contributed by atoms with Crippen LogP contribution in [0.25, 0.3) is 0 Å². The van der Waals surface area contributed by atoms with Gasteiger partial charge in [0.15, 0.2) is 0 Å². The van der Waals surface area contributed by atoms with Gasteiger partial charge in [0.25, 0.3) is 0 Å². The lowest BCUT2D eigenvalue weighted by molar-refractivity contribution is 0.137. The average molecular weight is 289 g/mol. The molecule has 1 aromatic carbocycles. The lowest BCUT2D eigenvalue weighted by Crippen LogP contribution is -2.27. The fourth-order valence-electron chi connectivity index (χ4n) is 3.83. The summed E-state index contributed by atoms with van der Waals surface area (Å²) in [6.07, 6.45) is 4.68. The first-order valence-electron chi connectivity index (χ1n) is 8.20. The largest absolute Gasteiger partial charge is 0.487 e. The Kier molecular flexibility index (Phi) is 4.23. The summed E-state index contributed by atoms with van der Waals surface area (Å²) in [6.45, 7) is 6.49. The fraction of sp³-hybridized carbons (Fsp3) is 0.667. The second-order valence-electron chi connectivity index (χ2n) is 7.21. The summed E-state index contributed by atoms with van der Waals surface area (Å²) in [7, 11) is 0. The van der Waals surface area contributed by atoms with Gasteiger partial charge < -0.3 is 15.2 Å². The van der Waals surface area contributed by atoms with E-state index in [2.05, 4.69) is 37.4 Å². The molecule has 116 valence electrons. The highest BCUT2D eigenvalue weighted by molar-refractivity contribution is 5.45. The van der Waals surface area contributed by atoms with Crippen molar-refractivity contribution in [3.05, 3.63) is 29.3 Å². The SMILES string of the molecule is CC1(C)Cc2cccc(CNCC3CCCC3CO)c2O1. The molecule has 2 aliphatic rings. The van der Waals surface area contributed by atoms with Gasteiger partial charge in [0.1, 0.15) is 11.4 Å². The molecule has 0 amide bonds. The van der Waals surface area contributed by atoms with Crippen LogP contribution in [0.3, 0.4) is 0 Å². The van der Waals surface area contributed by atoms with Crippen LogP contribution < -0.4 is 10.1 Å². The van der Waals surface area contributed by atoms with Gasteiger partial charge in [-0.3, -0.25) is 0 Å². The lowest BCUT2D eigenvalue weighted by Gasteiger charge is -2.20. The van der Waals surface area contributed by atoms with Gasteiger partial charge in [0, 0.05) is 25.1 Å². The van der Waals surface area contributed by atoms with Crippen molar-refractivity contribution in [1.82, 2.24) is 5.32 Å². The third kappa shape index (κ3) is 3.24. The molecular weight excluding hydrogens is 262 g/mol. The Morgan fingerprint density at radius 3 is 2.90 bits per heavy atom. The Morgan fingerprint density at radius 1 is 1.29 bits per heavy atom. The quantitative estimate of drug-likeness (QED) is 0.876. The van der Waals surface area contributed by atoms with Crippen molar-refractivity contribution in [2.24, 2.45) is 11.8 Å². The molecule has 0 aromatic heterocycles. The van der Waals surface area contributed by atoms with Crippen LogP contribution in [0.4, 0.5) is 0 Å². The van der Waals surface area contributed by atoms with Gasteiger partial charge >= 0.3 is 0 Å². The number of aliphatic hydroxyl groups excluding tert-OH is 1. The van der Waals surface area contributed by atoms with Crippen LogP contribution >= 0.6 is 0 Å². The molecule has 21 heavy (non-hydrogen) atoms. The van der Waals surface area contributed by atoms with Crippen LogP contribution in [0, 0.1) is 11.8 Å². The van der Waals surface area contributed by atoms with E-state index in [-0.39, 0.29) is 5.60 Å². The summed E-state index contributed by atoms with van der Waals surface area (Å²) in [5.41, 5.74) is 2.51. The minimum absolute atomic E-state index is 0.0775. The number of hydrogen-bond donors (Lipinski definition) is 2. The number of fused-ring (bicyclic) bond motifs is 1. The highest BCUT2D eigenvalue weighted by Gasteiger charge is 2.31. The monoisotopic (exact) mass is 289 g/mol. The number of benzene rings is 1. The third-order valence-corrected chi connectivity index (χ3v) is 4.95. The van der Waals surface area contributed by atoms with Gasteiger partial charge in [-0.2, -0.15) is 0 Å². The van der Waals surface area contributed by atoms with Gasteiger partial charge in [0.05, 0.1) is 0 Å². The van der Waals surface area contributed by atoms with Gasteiger partial charge in [-0.1, -0.05) is 24.6 Å². The Bertz CT molecular complexity index is 498. The minimum atomic E-state index is -0.0775. The Morgan fingerprint density at radius 2 is 2.10 bits per heavy atom. The van der Waals surface area contributed by atoms with Crippen molar-refractivity contribution in [2.75, 3.05) is 13.2 Å². The van der Waals surface area contributed by atoms with E-state index in [1.165, 1.54) is 30.4 Å². The molecule has 3 nitrogen and oxygen atoms in total. The first-order chi connectivity index (χ1) is 10.1. The van der Waals surface area contributed by atoms with E-state index in [0.717, 1.165) is 25.3 Å². The van der Waals surface area contributed by atoms with E-state index in [0.29, 0.717) is 18.4 Å². The highest BCUT2D eigenvalue weighted by atomic mass is 16.5. The van der Waals surface area contributed by atoms with E-state index < -0.39 is 0 Å². The van der Waals surface area contributed by atoms with Crippen molar-refractivity contribution in [1.29, 1.82) is 0 Å². The third-order valence-electron chi connectivity index (χ3n) is 4.95. The molecule has 0 saturated heterocycles. The predicted octanol–water partition coefficient (Wildman–Crippen LogP) is 2.90. The van der Waals surface area contributed by atoms with Crippen molar-refractivity contribution < 1.29 is 9.84 Å². The van der Waals surface area contributed by atoms with Crippen molar-refractivity contribution >= 4 is 0 Å². The smallest absolute Gasteiger partial charge is 0.127 e. The summed E-state index contributed by atoms with van der Waals surface area (Å²) in [5, 5.41) is 13.0. The minimum Gasteiger partial charge on any atom is -0.487 e. The zero-order valence-corrected chi connectivity index (χ0v) is 13.2. The van der Waals surface area contributed by atoms with Crippen LogP contribution in [0.5, 0.6) is 5.75 Å². The van der Waals surface area contributed by atoms with Crippen molar-refractivity contribution in [2.45, 2.75) is 51.7 Å². The fourth-order valence-corrected chi connectivity index (χ4v) is 3.83. The summed E-state index contributed by atoms with van der Waals surface area (Å²) < 4.78 is 6.11. The Balaban J connectivity index is 1.59. The summed E-state index contributed by atoms with van der Waals surface area (Å²) in [4.78, 5) is 0. The molecule has 1 aliphatic carbocycles. The number of rotatable bonds is 5. The number of aliphatic hydroxyl groups is 1. The van der Waals surface area contributed by atoms with Crippen LogP contribution in [0.1, 0.15) is 44.2 Å². The normalized spacial score (nSPS) is 26.6. The molecule has 1 heterocycles. The van der Waals surface area contributed by atoms with Crippen LogP contribution in [-0.4, -0.2) is 23.9 Å². The maximum absolute atomic E-state index is 9.39. The summed E-state index contributed by atoms with van der Waals surface area (Å²) in [6, 6.07) is 6.46. The Labute approximate surface area is 127 Å². The Hall–Kier alpha value is -1.06. The molecule has 0 bridgehead atoms. The van der Waals surface area contributed by atoms with E-state index in [1.54, 1.807) is 0 Å². The molecule has 2 atom stereocenters. The molecule has 2 N–H and O–H groups in total. The topological polar surface area (TPSA) is 41.5 Å². The van der Waals surface area contributed by atoms with Crippen molar-refractivity contribution in [3.8, 4) is 5.75 Å². The number of nitrogens with one attached hydrogen (secondary N) is 1. The lowest BCUT2D eigenvalue weighted by atomic mass is 9.97. The summed E-state index contributed by atoms with van der Waals surface area (Å²) >= 11 is 0. The molecule has 1 fully saturated rings. The first kappa shape index (κ1) is 14.9. The van der Waals surface area contributed by atoms with Crippen LogP contribution in [0.2, 0.25) is 0 Å². The maximum atomic E-state index is 9.39. The molecule has 0 radical (unpaired) electrons. The standard InChI is InChI=1S/C18H27NO2/c1-18(2)9-13-5-3-7-15(17(13)21-18)11-19-10-14-6-4-8-16(14)12-20/h3,5,7,14,16,19-20H,4,6,8-12H2,1-2H3. The van der Waals surface area contributed by atoms with Crippen LogP contribution in [-0.2, 0) is 13.0 Å². The predicted molar refractivity (Wildman–Crippen MR) is 84.5 cm³/mol. The number of ether oxygens (including phenoxy) is 1. The zero-order chi connectivity index (χ0) is 14.9.